The molecule has 1 aliphatic rings. The Morgan fingerprint density at radius 1 is 1.30 bits per heavy atom. The van der Waals surface area contributed by atoms with E-state index >= 15 is 0 Å². The summed E-state index contributed by atoms with van der Waals surface area (Å²) >= 11 is 0. The number of nitrogens with two attached hydrogens (primary N) is 1. The van der Waals surface area contributed by atoms with Crippen LogP contribution in [0.15, 0.2) is 24.3 Å². The molecular formula is C16H23NO3. The quantitative estimate of drug-likeness (QED) is 0.841. The van der Waals surface area contributed by atoms with Crippen molar-refractivity contribution in [3.05, 3.63) is 29.8 Å². The maximum Gasteiger partial charge on any atom is 0.307 e. The SMILES string of the molecule is COc1cccc(COC(=O)CC2(N)CCCCC2)c1. The molecule has 20 heavy (non-hydrogen) atoms. The second-order valence-corrected chi connectivity index (χ2v) is 5.61. The van der Waals surface area contributed by atoms with Crippen LogP contribution in [-0.4, -0.2) is 18.6 Å². The number of hydrogen-bond donors (Lipinski definition) is 1. The second-order valence-electron chi connectivity index (χ2n) is 5.61. The summed E-state index contributed by atoms with van der Waals surface area (Å²) in [7, 11) is 1.62. The van der Waals surface area contributed by atoms with Gasteiger partial charge in [-0.2, -0.15) is 0 Å². The predicted molar refractivity (Wildman–Crippen MR) is 77.4 cm³/mol. The zero-order valence-electron chi connectivity index (χ0n) is 12.1. The second kappa shape index (κ2) is 6.75. The van der Waals surface area contributed by atoms with Gasteiger partial charge in [0.25, 0.3) is 0 Å². The predicted octanol–water partition coefficient (Wildman–Crippen LogP) is 2.79. The highest BCUT2D eigenvalue weighted by molar-refractivity contribution is 5.71. The van der Waals surface area contributed by atoms with Crippen LogP contribution in [0.4, 0.5) is 0 Å². The fourth-order valence-electron chi connectivity index (χ4n) is 2.70. The summed E-state index contributed by atoms with van der Waals surface area (Å²) in [5.74, 6) is 0.554. The van der Waals surface area contributed by atoms with Gasteiger partial charge < -0.3 is 15.2 Å². The summed E-state index contributed by atoms with van der Waals surface area (Å²) in [4.78, 5) is 11.9. The molecule has 2 rings (SSSR count). The molecule has 0 aromatic heterocycles. The number of benzene rings is 1. The van der Waals surface area contributed by atoms with E-state index in [1.807, 2.05) is 24.3 Å². The summed E-state index contributed by atoms with van der Waals surface area (Å²) in [5.41, 5.74) is 6.82. The molecule has 4 nitrogen and oxygen atoms in total. The van der Waals surface area contributed by atoms with E-state index in [4.69, 9.17) is 15.2 Å². The molecule has 1 aromatic carbocycles. The van der Waals surface area contributed by atoms with E-state index in [9.17, 15) is 4.79 Å². The van der Waals surface area contributed by atoms with Crippen molar-refractivity contribution in [2.24, 2.45) is 5.73 Å². The number of methoxy groups -OCH3 is 1. The third-order valence-electron chi connectivity index (χ3n) is 3.88. The van der Waals surface area contributed by atoms with Gasteiger partial charge in [0.15, 0.2) is 0 Å². The maximum atomic E-state index is 11.9. The van der Waals surface area contributed by atoms with Crippen molar-refractivity contribution in [2.45, 2.75) is 50.7 Å². The van der Waals surface area contributed by atoms with E-state index in [1.165, 1.54) is 6.42 Å². The van der Waals surface area contributed by atoms with Gasteiger partial charge in [0.1, 0.15) is 12.4 Å². The lowest BCUT2D eigenvalue weighted by molar-refractivity contribution is -0.146. The van der Waals surface area contributed by atoms with Gasteiger partial charge in [0.05, 0.1) is 13.5 Å². The number of carbonyl (C=O) groups excluding carboxylic acids is 1. The van der Waals surface area contributed by atoms with Gasteiger partial charge in [-0.3, -0.25) is 4.79 Å². The highest BCUT2D eigenvalue weighted by atomic mass is 16.5. The van der Waals surface area contributed by atoms with Crippen LogP contribution >= 0.6 is 0 Å². The highest BCUT2D eigenvalue weighted by Crippen LogP contribution is 2.29. The molecule has 0 unspecified atom stereocenters. The number of hydrogen-bond acceptors (Lipinski definition) is 4. The lowest BCUT2D eigenvalue weighted by Gasteiger charge is -2.32. The fourth-order valence-corrected chi connectivity index (χ4v) is 2.70. The van der Waals surface area contributed by atoms with E-state index in [2.05, 4.69) is 0 Å². The fraction of sp³-hybridized carbons (Fsp3) is 0.562. The van der Waals surface area contributed by atoms with Crippen molar-refractivity contribution >= 4 is 5.97 Å². The van der Waals surface area contributed by atoms with Gasteiger partial charge in [0, 0.05) is 5.54 Å². The summed E-state index contributed by atoms with van der Waals surface area (Å²) < 4.78 is 10.5. The zero-order valence-corrected chi connectivity index (χ0v) is 12.1. The first-order valence-electron chi connectivity index (χ1n) is 7.19. The Labute approximate surface area is 120 Å². The van der Waals surface area contributed by atoms with Crippen LogP contribution in [0.3, 0.4) is 0 Å². The lowest BCUT2D eigenvalue weighted by atomic mass is 9.80. The molecule has 2 N–H and O–H groups in total. The summed E-state index contributed by atoms with van der Waals surface area (Å²) in [6.07, 6.45) is 5.59. The van der Waals surface area contributed by atoms with Crippen LogP contribution < -0.4 is 10.5 Å². The van der Waals surface area contributed by atoms with Crippen molar-refractivity contribution in [3.8, 4) is 5.75 Å². The van der Waals surface area contributed by atoms with E-state index in [1.54, 1.807) is 7.11 Å². The minimum Gasteiger partial charge on any atom is -0.497 e. The molecule has 4 heteroatoms. The molecule has 0 spiro atoms. The Kier molecular flexibility index (Phi) is 5.01. The summed E-state index contributed by atoms with van der Waals surface area (Å²) in [6, 6.07) is 7.52. The average Bonchev–Trinajstić information content (AvgIpc) is 2.45. The van der Waals surface area contributed by atoms with Gasteiger partial charge in [-0.15, -0.1) is 0 Å². The van der Waals surface area contributed by atoms with Gasteiger partial charge in [-0.05, 0) is 30.5 Å². The largest absolute Gasteiger partial charge is 0.497 e. The summed E-state index contributed by atoms with van der Waals surface area (Å²) in [6.45, 7) is 0.270. The topological polar surface area (TPSA) is 61.5 Å². The Morgan fingerprint density at radius 2 is 2.05 bits per heavy atom. The molecule has 1 fully saturated rings. The van der Waals surface area contributed by atoms with Crippen LogP contribution in [0.2, 0.25) is 0 Å². The van der Waals surface area contributed by atoms with Crippen LogP contribution in [0, 0.1) is 0 Å². The van der Waals surface area contributed by atoms with Gasteiger partial charge in [0.2, 0.25) is 0 Å². The number of rotatable bonds is 5. The lowest BCUT2D eigenvalue weighted by Crippen LogP contribution is -2.43. The molecular weight excluding hydrogens is 254 g/mol. The zero-order chi connectivity index (χ0) is 14.4. The molecule has 0 heterocycles. The molecule has 0 atom stereocenters. The van der Waals surface area contributed by atoms with Crippen molar-refractivity contribution in [1.82, 2.24) is 0 Å². The Morgan fingerprint density at radius 3 is 2.75 bits per heavy atom. The Bertz CT molecular complexity index is 453. The third kappa shape index (κ3) is 4.23. The highest BCUT2D eigenvalue weighted by Gasteiger charge is 2.30. The first kappa shape index (κ1) is 14.9. The van der Waals surface area contributed by atoms with Crippen LogP contribution in [-0.2, 0) is 16.1 Å². The molecule has 110 valence electrons. The van der Waals surface area contributed by atoms with E-state index < -0.39 is 0 Å². The van der Waals surface area contributed by atoms with Crippen molar-refractivity contribution in [2.75, 3.05) is 7.11 Å². The van der Waals surface area contributed by atoms with Gasteiger partial charge in [-0.25, -0.2) is 0 Å². The normalized spacial score (nSPS) is 17.5. The molecule has 0 bridgehead atoms. The van der Waals surface area contributed by atoms with E-state index in [0.717, 1.165) is 37.0 Å². The van der Waals surface area contributed by atoms with Crippen molar-refractivity contribution in [3.63, 3.8) is 0 Å². The van der Waals surface area contributed by atoms with E-state index in [-0.39, 0.29) is 18.1 Å². The minimum atomic E-state index is -0.357. The summed E-state index contributed by atoms with van der Waals surface area (Å²) in [5, 5.41) is 0. The minimum absolute atomic E-state index is 0.211. The first-order chi connectivity index (χ1) is 9.61. The molecule has 0 amide bonds. The Hall–Kier alpha value is -1.55. The van der Waals surface area contributed by atoms with Gasteiger partial charge >= 0.3 is 5.97 Å². The number of ether oxygens (including phenoxy) is 2. The molecule has 1 aromatic rings. The third-order valence-corrected chi connectivity index (χ3v) is 3.88. The first-order valence-corrected chi connectivity index (χ1v) is 7.19. The molecule has 1 aliphatic carbocycles. The maximum absolute atomic E-state index is 11.9. The average molecular weight is 277 g/mol. The monoisotopic (exact) mass is 277 g/mol. The molecule has 0 aliphatic heterocycles. The van der Waals surface area contributed by atoms with E-state index in [0.29, 0.717) is 6.42 Å². The van der Waals surface area contributed by atoms with Crippen LogP contribution in [0.1, 0.15) is 44.1 Å². The van der Waals surface area contributed by atoms with Gasteiger partial charge in [-0.1, -0.05) is 31.4 Å². The smallest absolute Gasteiger partial charge is 0.307 e. The van der Waals surface area contributed by atoms with Crippen LogP contribution in [0.5, 0.6) is 5.75 Å². The van der Waals surface area contributed by atoms with Crippen molar-refractivity contribution < 1.29 is 14.3 Å². The molecule has 0 saturated heterocycles. The van der Waals surface area contributed by atoms with Crippen molar-refractivity contribution in [1.29, 1.82) is 0 Å². The molecule has 0 radical (unpaired) electrons. The number of esters is 1. The Balaban J connectivity index is 1.82. The molecule has 1 saturated carbocycles. The standard InChI is InChI=1S/C16H23NO3/c1-19-14-7-5-6-13(10-14)12-20-15(18)11-16(17)8-3-2-4-9-16/h5-7,10H,2-4,8-9,11-12,17H2,1H3. The van der Waals surface area contributed by atoms with Crippen LogP contribution in [0.25, 0.3) is 0 Å². The number of carbonyl (C=O) groups is 1.